The number of nitrogens with two attached hydrogens (primary N) is 1. The standard InChI is InChI=1S/C16H16ClN3OS/c1-3-7-20-9(2)12(15-16(20)19-8-22-15)14(21)10-5-4-6-11(18)13(10)17/h4-6,8H,3,7,18H2,1-2H3. The quantitative estimate of drug-likeness (QED) is 0.572. The second kappa shape index (κ2) is 5.74. The molecule has 3 aromatic rings. The van der Waals surface area contributed by atoms with Crippen molar-refractivity contribution in [1.82, 2.24) is 9.55 Å². The van der Waals surface area contributed by atoms with Gasteiger partial charge in [-0.15, -0.1) is 11.3 Å². The highest BCUT2D eigenvalue weighted by atomic mass is 35.5. The lowest BCUT2D eigenvalue weighted by Gasteiger charge is -2.08. The monoisotopic (exact) mass is 333 g/mol. The molecule has 0 bridgehead atoms. The van der Waals surface area contributed by atoms with Gasteiger partial charge in [-0.2, -0.15) is 0 Å². The fourth-order valence-electron chi connectivity index (χ4n) is 2.69. The Labute approximate surface area is 137 Å². The van der Waals surface area contributed by atoms with Gasteiger partial charge in [-0.1, -0.05) is 24.6 Å². The maximum Gasteiger partial charge on any atom is 0.197 e. The Morgan fingerprint density at radius 1 is 1.45 bits per heavy atom. The van der Waals surface area contributed by atoms with Gasteiger partial charge in [-0.05, 0) is 25.5 Å². The van der Waals surface area contributed by atoms with E-state index in [1.165, 1.54) is 11.3 Å². The Hall–Kier alpha value is -1.85. The summed E-state index contributed by atoms with van der Waals surface area (Å²) in [6.07, 6.45) is 0.981. The van der Waals surface area contributed by atoms with Crippen molar-refractivity contribution in [1.29, 1.82) is 0 Å². The normalized spacial score (nSPS) is 11.2. The van der Waals surface area contributed by atoms with E-state index in [2.05, 4.69) is 16.5 Å². The van der Waals surface area contributed by atoms with Gasteiger partial charge < -0.3 is 10.3 Å². The Kier molecular flexibility index (Phi) is 3.93. The van der Waals surface area contributed by atoms with Gasteiger partial charge in [0.25, 0.3) is 0 Å². The van der Waals surface area contributed by atoms with Crippen molar-refractivity contribution >= 4 is 44.8 Å². The zero-order valence-corrected chi connectivity index (χ0v) is 14.0. The van der Waals surface area contributed by atoms with Crippen LogP contribution in [0.1, 0.15) is 35.0 Å². The summed E-state index contributed by atoms with van der Waals surface area (Å²) in [5.41, 5.74) is 10.9. The van der Waals surface area contributed by atoms with E-state index in [0.717, 1.165) is 29.0 Å². The molecule has 22 heavy (non-hydrogen) atoms. The van der Waals surface area contributed by atoms with Crippen LogP contribution < -0.4 is 5.73 Å². The number of anilines is 1. The molecular weight excluding hydrogens is 318 g/mol. The van der Waals surface area contributed by atoms with Crippen LogP contribution in [0.15, 0.2) is 23.7 Å². The van der Waals surface area contributed by atoms with Crippen molar-refractivity contribution < 1.29 is 4.79 Å². The molecule has 0 aliphatic heterocycles. The molecular formula is C16H16ClN3OS. The number of carbonyl (C=O) groups excluding carboxylic acids is 1. The fourth-order valence-corrected chi connectivity index (χ4v) is 3.78. The van der Waals surface area contributed by atoms with Gasteiger partial charge in [-0.25, -0.2) is 4.98 Å². The summed E-state index contributed by atoms with van der Waals surface area (Å²) >= 11 is 7.70. The number of nitrogens with zero attached hydrogens (tertiary/aromatic N) is 2. The lowest BCUT2D eigenvalue weighted by Crippen LogP contribution is -2.07. The number of halogens is 1. The SMILES string of the molecule is CCCn1c(C)c(C(=O)c2cccc(N)c2Cl)c2scnc21. The minimum absolute atomic E-state index is 0.0982. The number of nitrogen functional groups attached to an aromatic ring is 1. The predicted molar refractivity (Wildman–Crippen MR) is 91.9 cm³/mol. The van der Waals surface area contributed by atoms with Gasteiger partial charge >= 0.3 is 0 Å². The number of fused-ring (bicyclic) bond motifs is 1. The van der Waals surface area contributed by atoms with Crippen LogP contribution in [-0.2, 0) is 6.54 Å². The number of aryl methyl sites for hydroxylation is 1. The van der Waals surface area contributed by atoms with Crippen LogP contribution in [0.25, 0.3) is 10.3 Å². The molecule has 0 atom stereocenters. The number of ketones is 1. The van der Waals surface area contributed by atoms with Crippen LogP contribution in [-0.4, -0.2) is 15.3 Å². The molecule has 6 heteroatoms. The zero-order chi connectivity index (χ0) is 15.9. The Balaban J connectivity index is 2.21. The second-order valence-corrected chi connectivity index (χ2v) is 6.39. The smallest absolute Gasteiger partial charge is 0.197 e. The van der Waals surface area contributed by atoms with Gasteiger partial charge in [0.2, 0.25) is 0 Å². The predicted octanol–water partition coefficient (Wildman–Crippen LogP) is 4.28. The number of thiazole rings is 1. The third kappa shape index (κ3) is 2.21. The number of hydrogen-bond acceptors (Lipinski definition) is 4. The van der Waals surface area contributed by atoms with E-state index in [1.54, 1.807) is 23.7 Å². The van der Waals surface area contributed by atoms with Crippen LogP contribution in [0.2, 0.25) is 5.02 Å². The van der Waals surface area contributed by atoms with E-state index in [0.29, 0.717) is 21.8 Å². The van der Waals surface area contributed by atoms with E-state index in [1.807, 2.05) is 6.92 Å². The summed E-state index contributed by atoms with van der Waals surface area (Å²) in [6.45, 7) is 4.90. The molecule has 0 unspecified atom stereocenters. The summed E-state index contributed by atoms with van der Waals surface area (Å²) in [5, 5.41) is 0.313. The van der Waals surface area contributed by atoms with Gasteiger partial charge in [0.15, 0.2) is 11.4 Å². The van der Waals surface area contributed by atoms with Gasteiger partial charge in [0.1, 0.15) is 0 Å². The average Bonchev–Trinajstić information content (AvgIpc) is 3.04. The first-order chi connectivity index (χ1) is 10.6. The largest absolute Gasteiger partial charge is 0.398 e. The first-order valence-electron chi connectivity index (χ1n) is 7.07. The first kappa shape index (κ1) is 15.1. The number of carbonyl (C=O) groups is 1. The highest BCUT2D eigenvalue weighted by molar-refractivity contribution is 7.17. The van der Waals surface area contributed by atoms with Gasteiger partial charge in [0.05, 0.1) is 26.5 Å². The molecule has 0 aliphatic rings. The summed E-state index contributed by atoms with van der Waals surface area (Å²) in [5.74, 6) is -0.0982. The van der Waals surface area contributed by atoms with Crippen molar-refractivity contribution in [2.45, 2.75) is 26.8 Å². The van der Waals surface area contributed by atoms with Crippen molar-refractivity contribution in [2.24, 2.45) is 0 Å². The molecule has 0 saturated carbocycles. The summed E-state index contributed by atoms with van der Waals surface area (Å²) in [7, 11) is 0. The van der Waals surface area contributed by atoms with E-state index in [9.17, 15) is 4.79 Å². The van der Waals surface area contributed by atoms with Crippen LogP contribution in [0, 0.1) is 6.92 Å². The lowest BCUT2D eigenvalue weighted by molar-refractivity contribution is 0.103. The Morgan fingerprint density at radius 3 is 2.95 bits per heavy atom. The molecule has 1 aromatic carbocycles. The van der Waals surface area contributed by atoms with Crippen LogP contribution >= 0.6 is 22.9 Å². The van der Waals surface area contributed by atoms with Crippen molar-refractivity contribution in [3.05, 3.63) is 45.6 Å². The van der Waals surface area contributed by atoms with Crippen LogP contribution in [0.4, 0.5) is 5.69 Å². The first-order valence-corrected chi connectivity index (χ1v) is 8.33. The molecule has 2 aromatic heterocycles. The molecule has 0 amide bonds. The minimum atomic E-state index is -0.0982. The van der Waals surface area contributed by atoms with Crippen LogP contribution in [0.5, 0.6) is 0 Å². The summed E-state index contributed by atoms with van der Waals surface area (Å²) in [4.78, 5) is 17.4. The lowest BCUT2D eigenvalue weighted by atomic mass is 10.0. The van der Waals surface area contributed by atoms with Crippen LogP contribution in [0.3, 0.4) is 0 Å². The number of hydrogen-bond donors (Lipinski definition) is 1. The molecule has 2 N–H and O–H groups in total. The summed E-state index contributed by atoms with van der Waals surface area (Å²) in [6, 6.07) is 5.15. The van der Waals surface area contributed by atoms with Crippen molar-refractivity contribution in [3.63, 3.8) is 0 Å². The fraction of sp³-hybridized carbons (Fsp3) is 0.250. The molecule has 0 radical (unpaired) electrons. The van der Waals surface area contributed by atoms with Crippen molar-refractivity contribution in [2.75, 3.05) is 5.73 Å². The molecule has 0 fully saturated rings. The highest BCUT2D eigenvalue weighted by Crippen LogP contribution is 2.33. The Bertz CT molecular complexity index is 866. The van der Waals surface area contributed by atoms with E-state index in [4.69, 9.17) is 17.3 Å². The second-order valence-electron chi connectivity index (χ2n) is 5.16. The number of rotatable bonds is 4. The summed E-state index contributed by atoms with van der Waals surface area (Å²) < 4.78 is 3.01. The van der Waals surface area contributed by atoms with E-state index >= 15 is 0 Å². The third-order valence-electron chi connectivity index (χ3n) is 3.75. The molecule has 0 spiro atoms. The molecule has 114 valence electrons. The topological polar surface area (TPSA) is 60.9 Å². The molecule has 0 aliphatic carbocycles. The zero-order valence-electron chi connectivity index (χ0n) is 12.4. The minimum Gasteiger partial charge on any atom is -0.398 e. The number of benzene rings is 1. The Morgan fingerprint density at radius 2 is 2.23 bits per heavy atom. The van der Waals surface area contributed by atoms with Gasteiger partial charge in [0, 0.05) is 17.8 Å². The maximum absolute atomic E-state index is 13.0. The highest BCUT2D eigenvalue weighted by Gasteiger charge is 2.24. The van der Waals surface area contributed by atoms with E-state index < -0.39 is 0 Å². The molecule has 2 heterocycles. The molecule has 4 nitrogen and oxygen atoms in total. The van der Waals surface area contributed by atoms with Crippen molar-refractivity contribution in [3.8, 4) is 0 Å². The number of aromatic nitrogens is 2. The molecule has 3 rings (SSSR count). The third-order valence-corrected chi connectivity index (χ3v) is 5.00. The van der Waals surface area contributed by atoms with E-state index in [-0.39, 0.29) is 5.78 Å². The van der Waals surface area contributed by atoms with Gasteiger partial charge in [-0.3, -0.25) is 4.79 Å². The maximum atomic E-state index is 13.0. The molecule has 0 saturated heterocycles. The average molecular weight is 334 g/mol.